The molecular weight excluding hydrogens is 424 g/mol. The molecule has 154 valence electrons. The van der Waals surface area contributed by atoms with Gasteiger partial charge >= 0.3 is 0 Å². The Morgan fingerprint density at radius 3 is 2.83 bits per heavy atom. The number of carbonyl (C=O) groups is 1. The molecular formula is C21H18N2O5S2. The number of hydrogen-bond acceptors (Lipinski definition) is 6. The summed E-state index contributed by atoms with van der Waals surface area (Å²) in [5.41, 5.74) is 1.85. The predicted molar refractivity (Wildman–Crippen MR) is 113 cm³/mol. The van der Waals surface area contributed by atoms with Crippen LogP contribution in [0.4, 0.5) is 5.69 Å². The zero-order valence-electron chi connectivity index (χ0n) is 15.8. The van der Waals surface area contributed by atoms with E-state index in [1.54, 1.807) is 41.7 Å². The van der Waals surface area contributed by atoms with E-state index in [1.807, 2.05) is 11.4 Å². The molecule has 30 heavy (non-hydrogen) atoms. The number of anilines is 1. The van der Waals surface area contributed by atoms with Crippen LogP contribution in [0.15, 0.2) is 58.8 Å². The summed E-state index contributed by atoms with van der Waals surface area (Å²) in [6.07, 6.45) is 0.705. The first-order valence-electron chi connectivity index (χ1n) is 9.37. The van der Waals surface area contributed by atoms with Gasteiger partial charge in [-0.05, 0) is 53.8 Å². The number of nitrogens with one attached hydrogen (secondary N) is 1. The van der Waals surface area contributed by atoms with Gasteiger partial charge < -0.3 is 14.8 Å². The molecule has 0 unspecified atom stereocenters. The molecule has 0 spiro atoms. The standard InChI is InChI=1S/C21H18N2O5S2/c24-21(22-16-4-5-18-19(11-16)28-13-27-18)14-2-1-3-17(10-14)30(25,26)23-8-6-20-15(12-23)7-9-29-20/h1-5,7,9-11H,6,8,12-13H2,(H,22,24). The molecule has 9 heteroatoms. The summed E-state index contributed by atoms with van der Waals surface area (Å²) < 4.78 is 38.3. The van der Waals surface area contributed by atoms with E-state index in [0.717, 1.165) is 5.56 Å². The molecule has 3 heterocycles. The molecule has 0 saturated carbocycles. The molecule has 0 saturated heterocycles. The molecule has 5 rings (SSSR count). The maximum atomic E-state index is 13.1. The highest BCUT2D eigenvalue weighted by Crippen LogP contribution is 2.34. The molecule has 0 aliphatic carbocycles. The van der Waals surface area contributed by atoms with E-state index >= 15 is 0 Å². The van der Waals surface area contributed by atoms with E-state index < -0.39 is 15.9 Å². The van der Waals surface area contributed by atoms with Crippen LogP contribution in [0.2, 0.25) is 0 Å². The Morgan fingerprint density at radius 2 is 1.93 bits per heavy atom. The molecule has 0 atom stereocenters. The van der Waals surface area contributed by atoms with E-state index in [-0.39, 0.29) is 17.3 Å². The lowest BCUT2D eigenvalue weighted by Gasteiger charge is -2.26. The Kier molecular flexibility index (Phi) is 4.73. The second-order valence-corrected chi connectivity index (χ2v) is 9.95. The molecule has 2 aromatic carbocycles. The Balaban J connectivity index is 1.36. The lowest BCUT2D eigenvalue weighted by atomic mass is 10.1. The molecule has 0 radical (unpaired) electrons. The van der Waals surface area contributed by atoms with E-state index in [2.05, 4.69) is 5.32 Å². The van der Waals surface area contributed by atoms with Crippen LogP contribution in [0, 0.1) is 0 Å². The van der Waals surface area contributed by atoms with Gasteiger partial charge in [0, 0.05) is 35.3 Å². The van der Waals surface area contributed by atoms with Gasteiger partial charge in [0.2, 0.25) is 16.8 Å². The van der Waals surface area contributed by atoms with Crippen LogP contribution in [0.1, 0.15) is 20.8 Å². The molecule has 0 bridgehead atoms. The summed E-state index contributed by atoms with van der Waals surface area (Å²) >= 11 is 1.66. The summed E-state index contributed by atoms with van der Waals surface area (Å²) in [5, 5.41) is 4.76. The Hall–Kier alpha value is -2.88. The number of rotatable bonds is 4. The van der Waals surface area contributed by atoms with Gasteiger partial charge in [-0.15, -0.1) is 11.3 Å². The van der Waals surface area contributed by atoms with Gasteiger partial charge in [0.1, 0.15) is 0 Å². The number of ether oxygens (including phenoxy) is 2. The van der Waals surface area contributed by atoms with Crippen molar-refractivity contribution < 1.29 is 22.7 Å². The number of carbonyl (C=O) groups excluding carboxylic acids is 1. The normalized spacial score (nSPS) is 15.6. The number of sulfonamides is 1. The minimum atomic E-state index is -3.70. The number of amides is 1. The van der Waals surface area contributed by atoms with Crippen molar-refractivity contribution in [3.05, 3.63) is 69.9 Å². The fourth-order valence-electron chi connectivity index (χ4n) is 3.55. The number of thiophene rings is 1. The fourth-order valence-corrected chi connectivity index (χ4v) is 5.91. The molecule has 1 N–H and O–H groups in total. The highest BCUT2D eigenvalue weighted by Gasteiger charge is 2.29. The Morgan fingerprint density at radius 1 is 1.07 bits per heavy atom. The van der Waals surface area contributed by atoms with Crippen molar-refractivity contribution in [3.8, 4) is 11.5 Å². The predicted octanol–water partition coefficient (Wildman–Crippen LogP) is 3.48. The Labute approximate surface area is 177 Å². The van der Waals surface area contributed by atoms with Gasteiger partial charge in [-0.2, -0.15) is 4.31 Å². The maximum Gasteiger partial charge on any atom is 0.255 e. The largest absolute Gasteiger partial charge is 0.454 e. The SMILES string of the molecule is O=C(Nc1ccc2c(c1)OCO2)c1cccc(S(=O)(=O)N2CCc3sccc3C2)c1. The number of benzene rings is 2. The lowest BCUT2D eigenvalue weighted by Crippen LogP contribution is -2.35. The zero-order valence-corrected chi connectivity index (χ0v) is 17.5. The molecule has 1 amide bonds. The monoisotopic (exact) mass is 442 g/mol. The quantitative estimate of drug-likeness (QED) is 0.669. The molecule has 7 nitrogen and oxygen atoms in total. The van der Waals surface area contributed by atoms with Crippen LogP contribution in [-0.4, -0.2) is 32.0 Å². The highest BCUT2D eigenvalue weighted by atomic mass is 32.2. The third-order valence-corrected chi connectivity index (χ3v) is 8.00. The summed E-state index contributed by atoms with van der Waals surface area (Å²) in [4.78, 5) is 14.1. The Bertz CT molecular complexity index is 1240. The first-order chi connectivity index (χ1) is 14.5. The summed E-state index contributed by atoms with van der Waals surface area (Å²) in [6.45, 7) is 0.939. The van der Waals surface area contributed by atoms with Crippen LogP contribution < -0.4 is 14.8 Å². The average molecular weight is 443 g/mol. The van der Waals surface area contributed by atoms with Crippen LogP contribution in [0.5, 0.6) is 11.5 Å². The summed E-state index contributed by atoms with van der Waals surface area (Å²) in [5.74, 6) is 0.781. The first-order valence-corrected chi connectivity index (χ1v) is 11.7. The van der Waals surface area contributed by atoms with Crippen molar-refractivity contribution in [2.75, 3.05) is 18.7 Å². The van der Waals surface area contributed by atoms with Crippen molar-refractivity contribution in [1.29, 1.82) is 0 Å². The van der Waals surface area contributed by atoms with E-state index in [0.29, 0.717) is 36.7 Å². The average Bonchev–Trinajstić information content (AvgIpc) is 3.42. The first kappa shape index (κ1) is 19.1. The van der Waals surface area contributed by atoms with Gasteiger partial charge in [-0.1, -0.05) is 6.07 Å². The molecule has 2 aliphatic heterocycles. The molecule has 3 aromatic rings. The third-order valence-electron chi connectivity index (χ3n) is 5.14. The summed E-state index contributed by atoms with van der Waals surface area (Å²) in [6, 6.07) is 13.2. The lowest BCUT2D eigenvalue weighted by molar-refractivity contribution is 0.102. The van der Waals surface area contributed by atoms with Crippen molar-refractivity contribution >= 4 is 33.0 Å². The third kappa shape index (κ3) is 3.45. The van der Waals surface area contributed by atoms with Crippen LogP contribution in [-0.2, 0) is 23.0 Å². The minimum absolute atomic E-state index is 0.111. The number of hydrogen-bond donors (Lipinski definition) is 1. The van der Waals surface area contributed by atoms with Gasteiger partial charge in [0.05, 0.1) is 4.90 Å². The second-order valence-electron chi connectivity index (χ2n) is 7.01. The van der Waals surface area contributed by atoms with Gasteiger partial charge in [0.25, 0.3) is 5.91 Å². The highest BCUT2D eigenvalue weighted by molar-refractivity contribution is 7.89. The molecule has 2 aliphatic rings. The van der Waals surface area contributed by atoms with Crippen molar-refractivity contribution in [1.82, 2.24) is 4.31 Å². The van der Waals surface area contributed by atoms with Gasteiger partial charge in [-0.25, -0.2) is 8.42 Å². The topological polar surface area (TPSA) is 84.9 Å². The van der Waals surface area contributed by atoms with E-state index in [4.69, 9.17) is 9.47 Å². The summed E-state index contributed by atoms with van der Waals surface area (Å²) in [7, 11) is -3.70. The molecule has 0 fully saturated rings. The van der Waals surface area contributed by atoms with Crippen molar-refractivity contribution in [2.45, 2.75) is 17.9 Å². The van der Waals surface area contributed by atoms with Gasteiger partial charge in [-0.3, -0.25) is 4.79 Å². The second kappa shape index (κ2) is 7.42. The fraction of sp³-hybridized carbons (Fsp3) is 0.190. The van der Waals surface area contributed by atoms with Crippen molar-refractivity contribution in [3.63, 3.8) is 0 Å². The smallest absolute Gasteiger partial charge is 0.255 e. The number of nitrogens with zero attached hydrogens (tertiary/aromatic N) is 1. The zero-order chi connectivity index (χ0) is 20.7. The van der Waals surface area contributed by atoms with Crippen LogP contribution in [0.3, 0.4) is 0 Å². The van der Waals surface area contributed by atoms with Crippen molar-refractivity contribution in [2.24, 2.45) is 0 Å². The molecule has 1 aromatic heterocycles. The van der Waals surface area contributed by atoms with E-state index in [1.165, 1.54) is 21.3 Å². The van der Waals surface area contributed by atoms with Gasteiger partial charge in [0.15, 0.2) is 11.5 Å². The van der Waals surface area contributed by atoms with Crippen LogP contribution in [0.25, 0.3) is 0 Å². The minimum Gasteiger partial charge on any atom is -0.454 e. The van der Waals surface area contributed by atoms with E-state index in [9.17, 15) is 13.2 Å². The maximum absolute atomic E-state index is 13.1. The van der Waals surface area contributed by atoms with Crippen LogP contribution >= 0.6 is 11.3 Å². The number of fused-ring (bicyclic) bond motifs is 2.